The summed E-state index contributed by atoms with van der Waals surface area (Å²) in [5, 5.41) is 0. The van der Waals surface area contributed by atoms with Crippen molar-refractivity contribution >= 4 is 8.41 Å². The first-order valence-electron chi connectivity index (χ1n) is 0. The summed E-state index contributed by atoms with van der Waals surface area (Å²) < 4.78 is 0. The minimum atomic E-state index is 0. The first kappa shape index (κ1) is 45.2. The van der Waals surface area contributed by atoms with Crippen LogP contribution in [0.4, 0.5) is 0 Å². The predicted octanol–water partition coefficient (Wildman–Crippen LogP) is -0.388. The fourth-order valence-corrected chi connectivity index (χ4v) is 0. The summed E-state index contributed by atoms with van der Waals surface area (Å²) in [4.78, 5) is 0. The third kappa shape index (κ3) is 9.44. The van der Waals surface area contributed by atoms with E-state index in [0.29, 0.717) is 0 Å². The first-order chi connectivity index (χ1) is 0. The third-order valence-electron chi connectivity index (χ3n) is 0. The van der Waals surface area contributed by atoms with Crippen LogP contribution in [0.1, 0.15) is 0 Å². The predicted molar refractivity (Wildman–Crippen MR) is 5.75 cm³/mol. The average molecular weight is 182 g/mol. The molecule has 0 bridgehead atoms. The second-order valence-electron chi connectivity index (χ2n) is 0. The van der Waals surface area contributed by atoms with Gasteiger partial charge in [-0.25, -0.2) is 0 Å². The maximum Gasteiger partial charge on any atom is 0 e. The van der Waals surface area contributed by atoms with E-state index in [2.05, 4.69) is 0 Å². The van der Waals surface area contributed by atoms with Gasteiger partial charge in [0.25, 0.3) is 0 Å². The molecule has 0 aromatic rings. The molecule has 4 radical (unpaired) electrons. The van der Waals surface area contributed by atoms with Gasteiger partial charge in [-0.2, -0.15) is 0 Å². The van der Waals surface area contributed by atoms with E-state index in [1.807, 2.05) is 0 Å². The molecule has 0 aromatic carbocycles. The Morgan fingerprint density at radius 3 is 1.00 bits per heavy atom. The second kappa shape index (κ2) is 22.9. The summed E-state index contributed by atoms with van der Waals surface area (Å²) in [6.45, 7) is 0. The van der Waals surface area contributed by atoms with Crippen LogP contribution in [-0.4, -0.2) is 8.41 Å². The molecule has 0 spiro atoms. The molecule has 0 aliphatic carbocycles. The molecule has 0 aromatic heterocycles. The van der Waals surface area contributed by atoms with Gasteiger partial charge >= 0.3 is 0 Å². The molecule has 0 N–H and O–H groups in total. The molecule has 0 atom stereocenters. The summed E-state index contributed by atoms with van der Waals surface area (Å²) in [6, 6.07) is 0. The molecule has 28 valence electrons. The van der Waals surface area contributed by atoms with Gasteiger partial charge < -0.3 is 0 Å². The van der Waals surface area contributed by atoms with Crippen molar-refractivity contribution in [2.45, 2.75) is 0 Å². The molecule has 0 aliphatic heterocycles. The normalized spacial score (nSPS) is 0. The molecular formula is BCrCuFe. The molecule has 4 heteroatoms. The number of hydrogen-bond acceptors (Lipinski definition) is 0. The summed E-state index contributed by atoms with van der Waals surface area (Å²) in [5.41, 5.74) is 0. The van der Waals surface area contributed by atoms with E-state index < -0.39 is 0 Å². The van der Waals surface area contributed by atoms with Crippen molar-refractivity contribution in [3.8, 4) is 0 Å². The minimum absolute atomic E-state index is 0. The maximum absolute atomic E-state index is 0. The Bertz CT molecular complexity index is 8.00. The largest absolute Gasteiger partial charge is 0 e. The summed E-state index contributed by atoms with van der Waals surface area (Å²) in [7, 11) is 0. The Balaban J connectivity index is 0. The van der Waals surface area contributed by atoms with Gasteiger partial charge in [0.15, 0.2) is 0 Å². The van der Waals surface area contributed by atoms with Gasteiger partial charge in [-0.3, -0.25) is 0 Å². The van der Waals surface area contributed by atoms with Crippen LogP contribution in [-0.2, 0) is 51.5 Å². The van der Waals surface area contributed by atoms with E-state index in [1.165, 1.54) is 0 Å². The number of hydrogen-bond donors (Lipinski definition) is 0. The molecule has 0 heterocycles. The molecule has 0 fully saturated rings. The first-order valence-corrected chi connectivity index (χ1v) is 0. The smallest absolute Gasteiger partial charge is 0 e. The summed E-state index contributed by atoms with van der Waals surface area (Å²) >= 11 is 0. The fraction of sp³-hybridized carbons (Fsp3) is 0. The van der Waals surface area contributed by atoms with Gasteiger partial charge in [-0.1, -0.05) is 0 Å². The zero-order valence-corrected chi connectivity index (χ0v) is 4.96. The third-order valence-corrected chi connectivity index (χ3v) is 0. The maximum atomic E-state index is 0. The Labute approximate surface area is 59.8 Å². The van der Waals surface area contributed by atoms with Crippen LogP contribution < -0.4 is 0 Å². The molecule has 0 nitrogen and oxygen atoms in total. The molecule has 0 saturated carbocycles. The zero-order valence-electron chi connectivity index (χ0n) is 1.64. The van der Waals surface area contributed by atoms with Crippen molar-refractivity contribution in [1.82, 2.24) is 0 Å². The van der Waals surface area contributed by atoms with Crippen LogP contribution in [0, 0.1) is 0 Å². The SMILES string of the molecule is [B].[Cr].[Cu].[Fe]. The van der Waals surface area contributed by atoms with Gasteiger partial charge in [-0.05, 0) is 0 Å². The molecular weight excluding hydrogens is 182 g/mol. The monoisotopic (exact) mass is 182 g/mol. The topological polar surface area (TPSA) is 0 Å². The average Bonchev–Trinajstić information content (AvgIpc) is 0. The minimum Gasteiger partial charge on any atom is 0 e. The van der Waals surface area contributed by atoms with Crippen LogP contribution in [0.3, 0.4) is 0 Å². The molecule has 0 aliphatic rings. The Kier molecular flexibility index (Phi) is 259. The van der Waals surface area contributed by atoms with Gasteiger partial charge in [0, 0.05) is 59.9 Å². The van der Waals surface area contributed by atoms with E-state index in [1.54, 1.807) is 0 Å². The quantitative estimate of drug-likeness (QED) is 0.448. The van der Waals surface area contributed by atoms with Crippen LogP contribution in [0.25, 0.3) is 0 Å². The standard InChI is InChI=1S/B.Cr.Cu.Fe. The van der Waals surface area contributed by atoms with Crippen molar-refractivity contribution in [3.05, 3.63) is 0 Å². The van der Waals surface area contributed by atoms with E-state index in [9.17, 15) is 0 Å². The van der Waals surface area contributed by atoms with Gasteiger partial charge in [0.2, 0.25) is 0 Å². The second-order valence-corrected chi connectivity index (χ2v) is 0. The molecule has 0 rings (SSSR count). The van der Waals surface area contributed by atoms with Crippen molar-refractivity contribution in [3.63, 3.8) is 0 Å². The van der Waals surface area contributed by atoms with Gasteiger partial charge in [-0.15, -0.1) is 0 Å². The zero-order chi connectivity index (χ0) is 0. The van der Waals surface area contributed by atoms with Crippen molar-refractivity contribution in [1.29, 1.82) is 0 Å². The molecule has 0 unspecified atom stereocenters. The Hall–Kier alpha value is 1.64. The van der Waals surface area contributed by atoms with Gasteiger partial charge in [0.1, 0.15) is 0 Å². The summed E-state index contributed by atoms with van der Waals surface area (Å²) in [5.74, 6) is 0. The Morgan fingerprint density at radius 1 is 1.00 bits per heavy atom. The fourth-order valence-electron chi connectivity index (χ4n) is 0. The van der Waals surface area contributed by atoms with Crippen LogP contribution in [0.2, 0.25) is 0 Å². The molecule has 0 amide bonds. The molecule has 4 heavy (non-hydrogen) atoms. The van der Waals surface area contributed by atoms with Crippen molar-refractivity contribution in [2.24, 2.45) is 0 Å². The van der Waals surface area contributed by atoms with Gasteiger partial charge in [0.05, 0.1) is 0 Å². The van der Waals surface area contributed by atoms with Crippen LogP contribution in [0.15, 0.2) is 0 Å². The Morgan fingerprint density at radius 2 is 1.00 bits per heavy atom. The number of rotatable bonds is 0. The van der Waals surface area contributed by atoms with Crippen LogP contribution in [0.5, 0.6) is 0 Å². The van der Waals surface area contributed by atoms with E-state index in [-0.39, 0.29) is 59.9 Å². The summed E-state index contributed by atoms with van der Waals surface area (Å²) in [6.07, 6.45) is 0. The van der Waals surface area contributed by atoms with Crippen molar-refractivity contribution in [2.75, 3.05) is 0 Å². The van der Waals surface area contributed by atoms with E-state index >= 15 is 0 Å². The van der Waals surface area contributed by atoms with E-state index in [0.717, 1.165) is 0 Å². The molecule has 0 saturated heterocycles. The van der Waals surface area contributed by atoms with Crippen LogP contribution >= 0.6 is 0 Å². The van der Waals surface area contributed by atoms with Crippen molar-refractivity contribution < 1.29 is 51.5 Å². The van der Waals surface area contributed by atoms with E-state index in [4.69, 9.17) is 0 Å².